The van der Waals surface area contributed by atoms with E-state index in [0.717, 1.165) is 42.7 Å². The first kappa shape index (κ1) is 19.0. The smallest absolute Gasteiger partial charge is 0.317 e. The van der Waals surface area contributed by atoms with Crippen molar-refractivity contribution in [1.82, 2.24) is 14.7 Å². The third-order valence-electron chi connectivity index (χ3n) is 5.87. The molecule has 2 N–H and O–H groups in total. The summed E-state index contributed by atoms with van der Waals surface area (Å²) in [4.78, 5) is 14.1. The summed E-state index contributed by atoms with van der Waals surface area (Å²) in [6.45, 7) is 8.01. The molecule has 28 heavy (non-hydrogen) atoms. The van der Waals surface area contributed by atoms with Gasteiger partial charge in [0.15, 0.2) is 0 Å². The quantitative estimate of drug-likeness (QED) is 0.850. The van der Waals surface area contributed by atoms with Crippen molar-refractivity contribution in [3.8, 4) is 5.69 Å². The van der Waals surface area contributed by atoms with Crippen LogP contribution >= 0.6 is 0 Å². The summed E-state index contributed by atoms with van der Waals surface area (Å²) in [5, 5.41) is 4.14. The Morgan fingerprint density at radius 3 is 2.46 bits per heavy atom. The van der Waals surface area contributed by atoms with Crippen LogP contribution in [-0.2, 0) is 5.92 Å². The van der Waals surface area contributed by atoms with Gasteiger partial charge in [-0.2, -0.15) is 13.9 Å². The number of hydrogen-bond acceptors (Lipinski definition) is 3. The predicted molar refractivity (Wildman–Crippen MR) is 98.3 cm³/mol. The van der Waals surface area contributed by atoms with E-state index in [4.69, 9.17) is 5.73 Å². The molecule has 4 rings (SSSR count). The second-order valence-corrected chi connectivity index (χ2v) is 8.58. The second-order valence-electron chi connectivity index (χ2n) is 8.58. The van der Waals surface area contributed by atoms with Crippen LogP contribution < -0.4 is 5.73 Å². The van der Waals surface area contributed by atoms with Crippen LogP contribution in [0.1, 0.15) is 66.7 Å². The van der Waals surface area contributed by atoms with Crippen LogP contribution in [0.3, 0.4) is 0 Å². The van der Waals surface area contributed by atoms with Gasteiger partial charge < -0.3 is 5.73 Å². The zero-order chi connectivity index (χ0) is 20.4. The highest BCUT2D eigenvalue weighted by Crippen LogP contribution is 2.50. The number of likely N-dealkylation sites (tertiary alicyclic amines) is 1. The lowest BCUT2D eigenvalue weighted by Crippen LogP contribution is -2.45. The molecule has 2 aliphatic heterocycles. The molecule has 2 aliphatic rings. The highest BCUT2D eigenvalue weighted by atomic mass is 19.3. The van der Waals surface area contributed by atoms with Gasteiger partial charge in [0.2, 0.25) is 0 Å². The Hall–Kier alpha value is -2.35. The first-order valence-corrected chi connectivity index (χ1v) is 9.37. The lowest BCUT2D eigenvalue weighted by atomic mass is 9.86. The van der Waals surface area contributed by atoms with Crippen LogP contribution in [0, 0.1) is 5.82 Å². The molecule has 0 aliphatic carbocycles. The Morgan fingerprint density at radius 1 is 1.25 bits per heavy atom. The molecule has 2 aromatic rings. The van der Waals surface area contributed by atoms with E-state index in [1.807, 2.05) is 0 Å². The third-order valence-corrected chi connectivity index (χ3v) is 5.87. The minimum atomic E-state index is -3.44. The number of amides is 1. The number of halogens is 3. The van der Waals surface area contributed by atoms with E-state index in [9.17, 15) is 9.18 Å². The molecular weight excluding hydrogens is 369 g/mol. The largest absolute Gasteiger partial charge is 0.366 e. The molecule has 150 valence electrons. The number of carbonyl (C=O) groups excluding carboxylic acids is 1. The lowest BCUT2D eigenvalue weighted by molar-refractivity contribution is 0.0412. The average molecular weight is 392 g/mol. The summed E-state index contributed by atoms with van der Waals surface area (Å²) in [6, 6.07) is 1.65. The number of alkyl halides is 2. The summed E-state index contributed by atoms with van der Waals surface area (Å²) in [7, 11) is 0. The van der Waals surface area contributed by atoms with Gasteiger partial charge >= 0.3 is 5.92 Å². The minimum absolute atomic E-state index is 0.0278. The van der Waals surface area contributed by atoms with Gasteiger partial charge in [0.25, 0.3) is 5.91 Å². The van der Waals surface area contributed by atoms with Gasteiger partial charge in [-0.15, -0.1) is 0 Å². The maximum absolute atomic E-state index is 15.3. The molecular formula is C20H23F3N4O. The number of piperidine rings is 1. The summed E-state index contributed by atoms with van der Waals surface area (Å²) < 4.78 is 45.5. The monoisotopic (exact) mass is 392 g/mol. The fourth-order valence-electron chi connectivity index (χ4n) is 4.39. The molecule has 0 bridgehead atoms. The molecule has 1 aromatic carbocycles. The minimum Gasteiger partial charge on any atom is -0.366 e. The molecule has 3 heterocycles. The van der Waals surface area contributed by atoms with Gasteiger partial charge in [0, 0.05) is 11.1 Å². The van der Waals surface area contributed by atoms with E-state index >= 15 is 8.78 Å². The van der Waals surface area contributed by atoms with Crippen LogP contribution in [0.15, 0.2) is 18.3 Å². The van der Waals surface area contributed by atoms with Crippen LogP contribution in [0.25, 0.3) is 5.69 Å². The Labute approximate surface area is 161 Å². The van der Waals surface area contributed by atoms with Crippen molar-refractivity contribution in [1.29, 1.82) is 0 Å². The van der Waals surface area contributed by atoms with Crippen LogP contribution in [0.4, 0.5) is 13.2 Å². The maximum atomic E-state index is 15.3. The Bertz CT molecular complexity index is 953. The van der Waals surface area contributed by atoms with Gasteiger partial charge in [-0.05, 0) is 64.8 Å². The molecule has 0 radical (unpaired) electrons. The van der Waals surface area contributed by atoms with E-state index in [-0.39, 0.29) is 28.4 Å². The Kier molecular flexibility index (Phi) is 4.12. The number of fused-ring (bicyclic) bond motifs is 3. The van der Waals surface area contributed by atoms with Crippen molar-refractivity contribution in [2.45, 2.75) is 51.0 Å². The summed E-state index contributed by atoms with van der Waals surface area (Å²) in [5.74, 6) is -5.38. The number of rotatable bonds is 2. The average Bonchev–Trinajstić information content (AvgIpc) is 3.13. The maximum Gasteiger partial charge on any atom is 0.317 e. The van der Waals surface area contributed by atoms with E-state index in [1.165, 1.54) is 6.20 Å². The topological polar surface area (TPSA) is 64.2 Å². The molecule has 1 saturated heterocycles. The van der Waals surface area contributed by atoms with Crippen molar-refractivity contribution in [3.63, 3.8) is 0 Å². The normalized spacial score (nSPS) is 19.5. The summed E-state index contributed by atoms with van der Waals surface area (Å²) >= 11 is 0. The number of primary amides is 1. The fourth-order valence-corrected chi connectivity index (χ4v) is 4.39. The lowest BCUT2D eigenvalue weighted by Gasteiger charge is -2.41. The first-order chi connectivity index (χ1) is 13.0. The molecule has 8 heteroatoms. The third kappa shape index (κ3) is 2.73. The van der Waals surface area contributed by atoms with Gasteiger partial charge in [-0.25, -0.2) is 9.07 Å². The van der Waals surface area contributed by atoms with Crippen molar-refractivity contribution < 1.29 is 18.0 Å². The van der Waals surface area contributed by atoms with Gasteiger partial charge in [0.05, 0.1) is 23.0 Å². The van der Waals surface area contributed by atoms with E-state index < -0.39 is 23.2 Å². The van der Waals surface area contributed by atoms with Crippen molar-refractivity contribution in [2.75, 3.05) is 13.1 Å². The molecule has 0 unspecified atom stereocenters. The zero-order valence-electron chi connectivity index (χ0n) is 16.1. The molecule has 0 atom stereocenters. The first-order valence-electron chi connectivity index (χ1n) is 9.37. The molecule has 1 aromatic heterocycles. The summed E-state index contributed by atoms with van der Waals surface area (Å²) in [6.07, 6.45) is 2.93. The van der Waals surface area contributed by atoms with E-state index in [2.05, 4.69) is 30.8 Å². The summed E-state index contributed by atoms with van der Waals surface area (Å²) in [5.41, 5.74) is 4.57. The second kappa shape index (κ2) is 6.07. The number of nitrogens with zero attached hydrogens (tertiary/aromatic N) is 3. The van der Waals surface area contributed by atoms with E-state index in [1.54, 1.807) is 0 Å². The molecule has 1 amide bonds. The number of benzene rings is 1. The van der Waals surface area contributed by atoms with Crippen molar-refractivity contribution in [2.24, 2.45) is 5.73 Å². The highest BCUT2D eigenvalue weighted by molar-refractivity contribution is 5.97. The van der Waals surface area contributed by atoms with Crippen molar-refractivity contribution >= 4 is 5.91 Å². The Balaban J connectivity index is 1.76. The van der Waals surface area contributed by atoms with Gasteiger partial charge in [-0.1, -0.05) is 0 Å². The van der Waals surface area contributed by atoms with Gasteiger partial charge in [-0.3, -0.25) is 9.69 Å². The Morgan fingerprint density at radius 2 is 1.89 bits per heavy atom. The fraction of sp³-hybridized carbons (Fsp3) is 0.500. The number of nitrogens with two attached hydrogens (primary N) is 1. The molecule has 5 nitrogen and oxygen atoms in total. The molecule has 0 spiro atoms. The SMILES string of the molecule is CC(C)(C)N1CCC(c2cnn3c2C(F)(F)c2cc(F)cc(C(N)=O)c2-3)CC1. The zero-order valence-corrected chi connectivity index (χ0v) is 16.1. The van der Waals surface area contributed by atoms with Crippen LogP contribution in [0.2, 0.25) is 0 Å². The van der Waals surface area contributed by atoms with Crippen LogP contribution in [-0.4, -0.2) is 39.2 Å². The number of aromatic nitrogens is 2. The molecule has 0 saturated carbocycles. The highest BCUT2D eigenvalue weighted by Gasteiger charge is 2.50. The van der Waals surface area contributed by atoms with Crippen molar-refractivity contribution in [3.05, 3.63) is 46.5 Å². The molecule has 1 fully saturated rings. The standard InChI is InChI=1S/C20H23F3N4O/c1-19(2,3)26-6-4-11(5-7-26)14-10-25-27-16-13(18(24)28)8-12(21)9-15(16)20(22,23)17(14)27/h8-11H,4-7H2,1-3H3,(H2,24,28). The number of carbonyl (C=O) groups is 1. The van der Waals surface area contributed by atoms with Crippen LogP contribution in [0.5, 0.6) is 0 Å². The van der Waals surface area contributed by atoms with E-state index in [0.29, 0.717) is 5.56 Å². The number of hydrogen-bond donors (Lipinski definition) is 1. The van der Waals surface area contributed by atoms with Gasteiger partial charge in [0.1, 0.15) is 11.5 Å². The predicted octanol–water partition coefficient (Wildman–Crippen LogP) is 3.54.